The molecule has 8 nitrogen and oxygen atoms in total. The van der Waals surface area contributed by atoms with Crippen molar-refractivity contribution >= 4 is 13.7 Å². The van der Waals surface area contributed by atoms with Crippen LogP contribution in [0.25, 0.3) is 0 Å². The van der Waals surface area contributed by atoms with E-state index in [2.05, 4.69) is 141 Å². The van der Waals surface area contributed by atoms with Crippen molar-refractivity contribution in [1.29, 1.82) is 0 Å². The molecule has 0 aromatic carbocycles. The Labute approximate surface area is 367 Å². The summed E-state index contributed by atoms with van der Waals surface area (Å²) < 4.78 is 23.0. The van der Waals surface area contributed by atoms with Gasteiger partial charge in [-0.25, -0.2) is 0 Å². The van der Waals surface area contributed by atoms with Crippen LogP contribution in [0.4, 0.5) is 0 Å². The summed E-state index contributed by atoms with van der Waals surface area (Å²) in [4.78, 5) is 25.1. The molecule has 0 aliphatic carbocycles. The number of allylic oxidation sites excluding steroid dienone is 20. The molecule has 340 valence electrons. The SMILES string of the molecule is CC/C=C\C/C=C\C/C=C\C/C=C\C/C=C\C/C=C\C/C=C\C/C=C\C/C=C\C/C=C\CCCCC(=O)NC(COP(=O)([O-])OCC[N+](C)(C)C)C(O)CCCCCCC. The van der Waals surface area contributed by atoms with E-state index in [9.17, 15) is 19.4 Å². The molecule has 0 aromatic rings. The van der Waals surface area contributed by atoms with E-state index in [1.54, 1.807) is 0 Å². The number of quaternary nitrogens is 1. The van der Waals surface area contributed by atoms with Crippen molar-refractivity contribution < 1.29 is 32.9 Å². The maximum absolute atomic E-state index is 12.7. The topological polar surface area (TPSA) is 108 Å². The Kier molecular flexibility index (Phi) is 39.1. The Hall–Kier alpha value is -3.10. The Morgan fingerprint density at radius 1 is 0.600 bits per heavy atom. The average molecular weight is 853 g/mol. The largest absolute Gasteiger partial charge is 0.756 e. The van der Waals surface area contributed by atoms with E-state index in [0.717, 1.165) is 109 Å². The Bertz CT molecular complexity index is 1380. The Balaban J connectivity index is 4.16. The van der Waals surface area contributed by atoms with Crippen LogP contribution in [0, 0.1) is 0 Å². The zero-order valence-corrected chi connectivity index (χ0v) is 39.2. The number of hydrogen-bond donors (Lipinski definition) is 2. The highest BCUT2D eigenvalue weighted by Gasteiger charge is 2.24. The monoisotopic (exact) mass is 853 g/mol. The molecule has 2 N–H and O–H groups in total. The highest BCUT2D eigenvalue weighted by atomic mass is 31.2. The smallest absolute Gasteiger partial charge is 0.268 e. The van der Waals surface area contributed by atoms with Gasteiger partial charge in [0.05, 0.1) is 39.9 Å². The molecule has 0 bridgehead atoms. The van der Waals surface area contributed by atoms with Crippen LogP contribution < -0.4 is 10.2 Å². The molecule has 0 aromatic heterocycles. The number of rotatable bonds is 39. The summed E-state index contributed by atoms with van der Waals surface area (Å²) in [6.07, 6.45) is 61.3. The third-order valence-electron chi connectivity index (χ3n) is 9.21. The molecule has 0 saturated heterocycles. The fraction of sp³-hybridized carbons (Fsp3) is 0.588. The Morgan fingerprint density at radius 3 is 1.43 bits per heavy atom. The molecule has 3 unspecified atom stereocenters. The van der Waals surface area contributed by atoms with Crippen molar-refractivity contribution in [3.05, 3.63) is 122 Å². The first-order chi connectivity index (χ1) is 29.0. The summed E-state index contributed by atoms with van der Waals surface area (Å²) in [5, 5.41) is 13.6. The second-order valence-corrected chi connectivity index (χ2v) is 17.4. The number of amides is 1. The molecule has 0 rings (SSSR count). The molecule has 0 radical (unpaired) electrons. The van der Waals surface area contributed by atoms with Gasteiger partial charge >= 0.3 is 0 Å². The summed E-state index contributed by atoms with van der Waals surface area (Å²) >= 11 is 0. The van der Waals surface area contributed by atoms with Crippen LogP contribution in [0.15, 0.2) is 122 Å². The highest BCUT2D eigenvalue weighted by molar-refractivity contribution is 7.45. The number of phosphoric ester groups is 1. The lowest BCUT2D eigenvalue weighted by molar-refractivity contribution is -0.870. The van der Waals surface area contributed by atoms with Gasteiger partial charge in [0.25, 0.3) is 7.82 Å². The predicted octanol–water partition coefficient (Wildman–Crippen LogP) is 12.4. The second-order valence-electron chi connectivity index (χ2n) is 16.0. The molecular formula is C51H85N2O6P. The van der Waals surface area contributed by atoms with Gasteiger partial charge in [0.1, 0.15) is 13.2 Å². The van der Waals surface area contributed by atoms with Gasteiger partial charge in [-0.1, -0.05) is 167 Å². The summed E-state index contributed by atoms with van der Waals surface area (Å²) in [6.45, 7) is 4.43. The van der Waals surface area contributed by atoms with E-state index in [1.165, 1.54) is 0 Å². The first-order valence-corrected chi connectivity index (χ1v) is 24.3. The van der Waals surface area contributed by atoms with Gasteiger partial charge in [-0.3, -0.25) is 9.36 Å². The van der Waals surface area contributed by atoms with Gasteiger partial charge in [0.15, 0.2) is 0 Å². The zero-order chi connectivity index (χ0) is 44.3. The summed E-state index contributed by atoms with van der Waals surface area (Å²) in [7, 11) is 1.24. The second kappa shape index (κ2) is 41.3. The van der Waals surface area contributed by atoms with Crippen LogP contribution in [0.3, 0.4) is 0 Å². The van der Waals surface area contributed by atoms with Crippen LogP contribution in [-0.4, -0.2) is 68.5 Å². The van der Waals surface area contributed by atoms with E-state index in [1.807, 2.05) is 21.1 Å². The van der Waals surface area contributed by atoms with Gasteiger partial charge in [-0.15, -0.1) is 0 Å². The number of unbranched alkanes of at least 4 members (excludes halogenated alkanes) is 6. The van der Waals surface area contributed by atoms with Crippen LogP contribution in [0.2, 0.25) is 0 Å². The Morgan fingerprint density at radius 2 is 1.02 bits per heavy atom. The van der Waals surface area contributed by atoms with E-state index >= 15 is 0 Å². The molecule has 0 aliphatic rings. The molecule has 9 heteroatoms. The minimum absolute atomic E-state index is 0.00485. The van der Waals surface area contributed by atoms with E-state index in [4.69, 9.17) is 9.05 Å². The van der Waals surface area contributed by atoms with Crippen LogP contribution in [0.5, 0.6) is 0 Å². The maximum atomic E-state index is 12.7. The molecule has 0 saturated carbocycles. The van der Waals surface area contributed by atoms with E-state index < -0.39 is 20.0 Å². The fourth-order valence-electron chi connectivity index (χ4n) is 5.59. The quantitative estimate of drug-likeness (QED) is 0.0276. The van der Waals surface area contributed by atoms with Crippen molar-refractivity contribution in [2.75, 3.05) is 40.9 Å². The highest BCUT2D eigenvalue weighted by Crippen LogP contribution is 2.38. The number of phosphoric acid groups is 1. The summed E-state index contributed by atoms with van der Waals surface area (Å²) in [5.74, 6) is -0.222. The van der Waals surface area contributed by atoms with E-state index in [-0.39, 0.29) is 19.1 Å². The average Bonchev–Trinajstić information content (AvgIpc) is 3.20. The number of likely N-dealkylation sites (N-methyl/N-ethyl adjacent to an activating group) is 1. The third-order valence-corrected chi connectivity index (χ3v) is 10.2. The van der Waals surface area contributed by atoms with Crippen molar-refractivity contribution in [2.24, 2.45) is 0 Å². The van der Waals surface area contributed by atoms with Crippen molar-refractivity contribution in [3.63, 3.8) is 0 Å². The molecule has 3 atom stereocenters. The standard InChI is InChI=1S/C51H85N2O6P/c1-6-8-10-12-13-14-15-16-17-18-19-20-21-22-23-24-25-26-27-28-29-30-31-32-33-34-35-36-37-38-39-41-43-45-51(55)52-49(50(54)44-42-40-11-9-7-2)48-59-60(56,57)58-47-46-53(3,4)5/h8,10,13-14,16-17,19-20,22-23,25-26,28-29,31-32,34-35,37-38,49-50,54H,6-7,9,11-12,15,18,21,24,27,30,33,36,39-48H2,1-5H3,(H-,52,55,56,57)/b10-8-,14-13-,17-16-,20-19-,23-22-,26-25-,29-28-,32-31-,35-34-,38-37-. The lowest BCUT2D eigenvalue weighted by Gasteiger charge is -2.30. The molecule has 0 spiro atoms. The number of carbonyl (C=O) groups excluding carboxylic acids is 1. The number of hydrogen-bond acceptors (Lipinski definition) is 6. The minimum Gasteiger partial charge on any atom is -0.756 e. The van der Waals surface area contributed by atoms with Gasteiger partial charge in [0, 0.05) is 6.42 Å². The summed E-state index contributed by atoms with van der Waals surface area (Å²) in [6, 6.07) is -0.829. The molecular weight excluding hydrogens is 768 g/mol. The number of aliphatic hydroxyl groups is 1. The maximum Gasteiger partial charge on any atom is 0.268 e. The molecule has 60 heavy (non-hydrogen) atoms. The van der Waals surface area contributed by atoms with Gasteiger partial charge in [-0.2, -0.15) is 0 Å². The van der Waals surface area contributed by atoms with Gasteiger partial charge in [0.2, 0.25) is 5.91 Å². The van der Waals surface area contributed by atoms with Crippen LogP contribution in [-0.2, 0) is 18.4 Å². The predicted molar refractivity (Wildman–Crippen MR) is 255 cm³/mol. The third kappa shape index (κ3) is 43.0. The van der Waals surface area contributed by atoms with Crippen molar-refractivity contribution in [2.45, 2.75) is 154 Å². The molecule has 0 heterocycles. The van der Waals surface area contributed by atoms with Crippen LogP contribution in [0.1, 0.15) is 142 Å². The van der Waals surface area contributed by atoms with Gasteiger partial charge < -0.3 is 28.8 Å². The number of nitrogens with one attached hydrogen (secondary N) is 1. The zero-order valence-electron chi connectivity index (χ0n) is 38.3. The van der Waals surface area contributed by atoms with E-state index in [0.29, 0.717) is 30.3 Å². The minimum atomic E-state index is -4.57. The number of carbonyl (C=O) groups is 1. The van der Waals surface area contributed by atoms with Crippen molar-refractivity contribution in [1.82, 2.24) is 5.32 Å². The molecule has 0 aliphatic heterocycles. The number of nitrogens with zero attached hydrogens (tertiary/aromatic N) is 1. The fourth-order valence-corrected chi connectivity index (χ4v) is 6.32. The van der Waals surface area contributed by atoms with Gasteiger partial charge in [-0.05, 0) is 89.9 Å². The van der Waals surface area contributed by atoms with Crippen molar-refractivity contribution in [3.8, 4) is 0 Å². The van der Waals surface area contributed by atoms with Crippen LogP contribution >= 0.6 is 7.82 Å². The first kappa shape index (κ1) is 56.9. The molecule has 1 amide bonds. The lowest BCUT2D eigenvalue weighted by Crippen LogP contribution is -2.46. The number of aliphatic hydroxyl groups excluding tert-OH is 1. The lowest BCUT2D eigenvalue weighted by atomic mass is 10.0. The summed E-state index contributed by atoms with van der Waals surface area (Å²) in [5.41, 5.74) is 0. The normalized spacial score (nSPS) is 15.4. The molecule has 0 fully saturated rings. The first-order valence-electron chi connectivity index (χ1n) is 22.9.